The average Bonchev–Trinajstić information content (AvgIpc) is 2.98. The Morgan fingerprint density at radius 3 is 2.10 bits per heavy atom. The summed E-state index contributed by atoms with van der Waals surface area (Å²) < 4.78 is 1.71. The Hall–Kier alpha value is -4.23. The predicted molar refractivity (Wildman–Crippen MR) is 159 cm³/mol. The third kappa shape index (κ3) is 5.84. The van der Waals surface area contributed by atoms with Crippen molar-refractivity contribution in [2.75, 3.05) is 13.1 Å². The first-order valence-electron chi connectivity index (χ1n) is 14.0. The van der Waals surface area contributed by atoms with Gasteiger partial charge in [0.1, 0.15) is 0 Å². The molecule has 7 heteroatoms. The summed E-state index contributed by atoms with van der Waals surface area (Å²) in [6.45, 7) is 5.55. The molecule has 5 rings (SSSR count). The van der Waals surface area contributed by atoms with Gasteiger partial charge in [0.05, 0.1) is 17.3 Å². The van der Waals surface area contributed by atoms with Crippen LogP contribution in [-0.2, 0) is 11.3 Å². The SMILES string of the molecule is CC[C@H](NC(=O)c1c(CN2CCC(NC(C)=O)CC2)n(-c2ccccc2)c(=O)c2ccccc12)c1ccccc1. The van der Waals surface area contributed by atoms with Gasteiger partial charge in [-0.15, -0.1) is 0 Å². The number of nitrogens with zero attached hydrogens (tertiary/aromatic N) is 2. The van der Waals surface area contributed by atoms with Crippen LogP contribution in [0.2, 0.25) is 0 Å². The van der Waals surface area contributed by atoms with Gasteiger partial charge in [-0.05, 0) is 43.0 Å². The van der Waals surface area contributed by atoms with Crippen LogP contribution in [0.3, 0.4) is 0 Å². The topological polar surface area (TPSA) is 83.4 Å². The van der Waals surface area contributed by atoms with Crippen LogP contribution in [0, 0.1) is 0 Å². The molecule has 0 aliphatic carbocycles. The van der Waals surface area contributed by atoms with Crippen molar-refractivity contribution in [1.29, 1.82) is 0 Å². The van der Waals surface area contributed by atoms with Crippen LogP contribution >= 0.6 is 0 Å². The number of fused-ring (bicyclic) bond motifs is 1. The molecule has 1 aliphatic rings. The zero-order valence-corrected chi connectivity index (χ0v) is 23.1. The van der Waals surface area contributed by atoms with Crippen LogP contribution in [0.15, 0.2) is 89.7 Å². The molecule has 1 aromatic heterocycles. The summed E-state index contributed by atoms with van der Waals surface area (Å²) in [5.41, 5.74) is 2.83. The number of benzene rings is 3. The standard InChI is InChI=1S/C33H36N4O3/c1-3-29(24-12-6-4-7-13-24)35-32(39)31-27-16-10-11-17-28(27)33(40)37(26-14-8-5-9-15-26)30(31)22-36-20-18-25(19-21-36)34-23(2)38/h4-17,25,29H,3,18-22H2,1-2H3,(H,34,38)(H,35,39)/t29-/m0/s1. The quantitative estimate of drug-likeness (QED) is 0.333. The van der Waals surface area contributed by atoms with Crippen LogP contribution in [0.4, 0.5) is 0 Å². The molecule has 40 heavy (non-hydrogen) atoms. The molecule has 7 nitrogen and oxygen atoms in total. The molecule has 1 fully saturated rings. The minimum atomic E-state index is -0.195. The van der Waals surface area contributed by atoms with E-state index in [0.29, 0.717) is 28.6 Å². The monoisotopic (exact) mass is 536 g/mol. The predicted octanol–water partition coefficient (Wildman–Crippen LogP) is 4.97. The van der Waals surface area contributed by atoms with Crippen molar-refractivity contribution in [2.24, 2.45) is 0 Å². The lowest BCUT2D eigenvalue weighted by molar-refractivity contribution is -0.120. The van der Waals surface area contributed by atoms with Gasteiger partial charge in [-0.1, -0.05) is 73.7 Å². The maximum absolute atomic E-state index is 14.2. The van der Waals surface area contributed by atoms with E-state index >= 15 is 0 Å². The van der Waals surface area contributed by atoms with Crippen LogP contribution in [0.5, 0.6) is 0 Å². The van der Waals surface area contributed by atoms with Crippen LogP contribution in [0.25, 0.3) is 16.5 Å². The first-order chi connectivity index (χ1) is 19.5. The fraction of sp³-hybridized carbons (Fsp3) is 0.303. The van der Waals surface area contributed by atoms with Gasteiger partial charge >= 0.3 is 0 Å². The van der Waals surface area contributed by atoms with Gasteiger partial charge in [0.25, 0.3) is 11.5 Å². The van der Waals surface area contributed by atoms with E-state index in [2.05, 4.69) is 22.5 Å². The van der Waals surface area contributed by atoms with Crippen molar-refractivity contribution in [1.82, 2.24) is 20.1 Å². The summed E-state index contributed by atoms with van der Waals surface area (Å²) >= 11 is 0. The van der Waals surface area contributed by atoms with E-state index in [1.165, 1.54) is 0 Å². The van der Waals surface area contributed by atoms with Crippen molar-refractivity contribution in [3.63, 3.8) is 0 Å². The molecule has 2 amide bonds. The van der Waals surface area contributed by atoms with E-state index in [-0.39, 0.29) is 29.5 Å². The highest BCUT2D eigenvalue weighted by atomic mass is 16.2. The van der Waals surface area contributed by atoms with E-state index in [0.717, 1.165) is 43.6 Å². The molecule has 0 unspecified atom stereocenters. The lowest BCUT2D eigenvalue weighted by Crippen LogP contribution is -2.44. The summed E-state index contributed by atoms with van der Waals surface area (Å²) in [4.78, 5) is 42.1. The minimum Gasteiger partial charge on any atom is -0.354 e. The number of piperidine rings is 1. The van der Waals surface area contributed by atoms with Gasteiger partial charge in [-0.2, -0.15) is 0 Å². The number of aromatic nitrogens is 1. The highest BCUT2D eigenvalue weighted by Crippen LogP contribution is 2.27. The zero-order valence-electron chi connectivity index (χ0n) is 23.1. The van der Waals surface area contributed by atoms with Gasteiger partial charge in [-0.25, -0.2) is 0 Å². The maximum Gasteiger partial charge on any atom is 0.263 e. The second-order valence-corrected chi connectivity index (χ2v) is 10.4. The number of pyridine rings is 1. The Morgan fingerprint density at radius 1 is 0.875 bits per heavy atom. The van der Waals surface area contributed by atoms with E-state index in [1.807, 2.05) is 78.9 Å². The van der Waals surface area contributed by atoms with E-state index in [1.54, 1.807) is 17.6 Å². The second kappa shape index (κ2) is 12.3. The second-order valence-electron chi connectivity index (χ2n) is 10.4. The fourth-order valence-corrected chi connectivity index (χ4v) is 5.72. The normalized spacial score (nSPS) is 15.1. The molecule has 1 saturated heterocycles. The Morgan fingerprint density at radius 2 is 1.48 bits per heavy atom. The number of nitrogens with one attached hydrogen (secondary N) is 2. The molecule has 0 bridgehead atoms. The third-order valence-corrected chi connectivity index (χ3v) is 7.71. The maximum atomic E-state index is 14.2. The molecule has 2 N–H and O–H groups in total. The highest BCUT2D eigenvalue weighted by Gasteiger charge is 2.27. The number of hydrogen-bond acceptors (Lipinski definition) is 4. The van der Waals surface area contributed by atoms with Crippen molar-refractivity contribution < 1.29 is 9.59 Å². The largest absolute Gasteiger partial charge is 0.354 e. The van der Waals surface area contributed by atoms with Crippen LogP contribution in [-0.4, -0.2) is 40.4 Å². The van der Waals surface area contributed by atoms with Crippen molar-refractivity contribution in [3.05, 3.63) is 112 Å². The minimum absolute atomic E-state index is 0.0197. The molecule has 0 saturated carbocycles. The number of rotatable bonds is 8. The van der Waals surface area contributed by atoms with Crippen molar-refractivity contribution in [2.45, 2.75) is 51.7 Å². The first-order valence-corrected chi connectivity index (χ1v) is 14.0. The lowest BCUT2D eigenvalue weighted by Gasteiger charge is -2.33. The summed E-state index contributed by atoms with van der Waals surface area (Å²) in [7, 11) is 0. The zero-order chi connectivity index (χ0) is 28.1. The van der Waals surface area contributed by atoms with Gasteiger partial charge in [0.2, 0.25) is 5.91 Å². The number of amides is 2. The Bertz CT molecular complexity index is 1540. The molecule has 3 aromatic carbocycles. The molecule has 4 aromatic rings. The number of likely N-dealkylation sites (tertiary alicyclic amines) is 1. The summed E-state index contributed by atoms with van der Waals surface area (Å²) in [5, 5.41) is 7.47. The van der Waals surface area contributed by atoms with Crippen LogP contribution < -0.4 is 16.2 Å². The van der Waals surface area contributed by atoms with Gasteiger partial charge in [0.15, 0.2) is 0 Å². The molecule has 206 valence electrons. The average molecular weight is 537 g/mol. The molecule has 2 heterocycles. The van der Waals surface area contributed by atoms with Gasteiger partial charge in [0, 0.05) is 49.1 Å². The Balaban J connectivity index is 1.62. The molecule has 0 radical (unpaired) electrons. The first kappa shape index (κ1) is 27.3. The third-order valence-electron chi connectivity index (χ3n) is 7.71. The summed E-state index contributed by atoms with van der Waals surface area (Å²) in [5.74, 6) is -0.214. The molecule has 1 atom stereocenters. The van der Waals surface area contributed by atoms with E-state index < -0.39 is 0 Å². The Labute approximate surface area is 234 Å². The molecule has 0 spiro atoms. The van der Waals surface area contributed by atoms with Crippen molar-refractivity contribution >= 4 is 22.6 Å². The Kier molecular flexibility index (Phi) is 8.41. The van der Waals surface area contributed by atoms with Crippen molar-refractivity contribution in [3.8, 4) is 5.69 Å². The number of carbonyl (C=O) groups excluding carboxylic acids is 2. The number of carbonyl (C=O) groups is 2. The van der Waals surface area contributed by atoms with E-state index in [4.69, 9.17) is 0 Å². The molecule has 1 aliphatic heterocycles. The smallest absolute Gasteiger partial charge is 0.263 e. The highest BCUT2D eigenvalue weighted by molar-refractivity contribution is 6.08. The summed E-state index contributed by atoms with van der Waals surface area (Å²) in [6, 6.07) is 26.9. The van der Waals surface area contributed by atoms with Crippen LogP contribution in [0.1, 0.15) is 60.8 Å². The molecular weight excluding hydrogens is 500 g/mol. The number of hydrogen-bond donors (Lipinski definition) is 2. The summed E-state index contributed by atoms with van der Waals surface area (Å²) in [6.07, 6.45) is 2.37. The molecular formula is C33H36N4O3. The fourth-order valence-electron chi connectivity index (χ4n) is 5.72. The van der Waals surface area contributed by atoms with Gasteiger partial charge < -0.3 is 10.6 Å². The lowest BCUT2D eigenvalue weighted by atomic mass is 9.98. The van der Waals surface area contributed by atoms with Gasteiger partial charge in [-0.3, -0.25) is 23.9 Å². The van der Waals surface area contributed by atoms with E-state index in [9.17, 15) is 14.4 Å². The number of para-hydroxylation sites is 1.